The Labute approximate surface area is 168 Å². The Hall–Kier alpha value is -0.560. The second kappa shape index (κ2) is 12.8. The van der Waals surface area contributed by atoms with Crippen LogP contribution in [0.1, 0.15) is 117 Å². The Morgan fingerprint density at radius 1 is 0.741 bits per heavy atom. The van der Waals surface area contributed by atoms with Crippen LogP contribution in [-0.4, -0.2) is 10.5 Å². The fourth-order valence-electron chi connectivity index (χ4n) is 4.25. The Morgan fingerprint density at radius 3 is 1.59 bits per heavy atom. The highest BCUT2D eigenvalue weighted by molar-refractivity contribution is 7.76. The summed E-state index contributed by atoms with van der Waals surface area (Å²) in [5, 5.41) is 0. The molecule has 1 aromatic rings. The lowest BCUT2D eigenvalue weighted by molar-refractivity contribution is -0.677. The van der Waals surface area contributed by atoms with Gasteiger partial charge < -0.3 is 0 Å². The summed E-state index contributed by atoms with van der Waals surface area (Å²) in [5.41, 5.74) is 1.10. The molecule has 2 rings (SSSR count). The van der Waals surface area contributed by atoms with Gasteiger partial charge in [0, 0.05) is 6.16 Å². The van der Waals surface area contributed by atoms with E-state index in [1.807, 2.05) is 17.5 Å². The number of hydrogen-bond acceptors (Lipinski definition) is 1. The van der Waals surface area contributed by atoms with E-state index in [1.165, 1.54) is 103 Å². The van der Waals surface area contributed by atoms with E-state index >= 15 is 0 Å². The van der Waals surface area contributed by atoms with Crippen molar-refractivity contribution >= 4 is 12.9 Å². The molecular weight excluding hydrogens is 351 g/mol. The largest absolute Gasteiger partial charge is 0.363 e. The molecule has 0 aromatic carbocycles. The van der Waals surface area contributed by atoms with Crippen LogP contribution in [0.25, 0.3) is 0 Å². The second-order valence-electron chi connectivity index (χ2n) is 8.46. The zero-order valence-corrected chi connectivity index (χ0v) is 19.0. The van der Waals surface area contributed by atoms with E-state index < -0.39 is 7.29 Å². The Bertz CT molecular complexity index is 567. The number of aromatic nitrogens is 2. The number of rotatable bonds is 18. The molecule has 0 radical (unpaired) electrons. The normalized spacial score (nSPS) is 18.0. The molecule has 0 saturated carbocycles. The van der Waals surface area contributed by atoms with E-state index in [9.17, 15) is 4.57 Å². The van der Waals surface area contributed by atoms with Crippen LogP contribution in [0.15, 0.2) is 12.4 Å². The van der Waals surface area contributed by atoms with E-state index in [-0.39, 0.29) is 0 Å². The van der Waals surface area contributed by atoms with E-state index in [0.717, 1.165) is 18.3 Å². The highest BCUT2D eigenvalue weighted by Crippen LogP contribution is 2.56. The molecule has 1 atom stereocenters. The third kappa shape index (κ3) is 7.41. The standard InChI is InChI=1S/C23H44N2OP/c1-3-5-6-7-8-9-10-11-12-13-14-15-16-17-18-19-20-24-21-22-25-23(24)27(25,26)4-2/h21-22H,3-20H2,1-2H3/q+1. The summed E-state index contributed by atoms with van der Waals surface area (Å²) in [6.45, 7) is 5.37. The van der Waals surface area contributed by atoms with Crippen molar-refractivity contribution in [2.24, 2.45) is 0 Å². The SMILES string of the molecule is CCCCCCCCCCCCCCCCCC[n+]1ccn2c1P2(=O)CC. The van der Waals surface area contributed by atoms with E-state index in [1.54, 1.807) is 0 Å². The first-order chi connectivity index (χ1) is 13.2. The van der Waals surface area contributed by atoms with Crippen molar-refractivity contribution in [1.29, 1.82) is 0 Å². The minimum absolute atomic E-state index is 0.780. The summed E-state index contributed by atoms with van der Waals surface area (Å²) in [7, 11) is -2.07. The Morgan fingerprint density at radius 2 is 1.19 bits per heavy atom. The zero-order valence-electron chi connectivity index (χ0n) is 18.1. The molecule has 2 heterocycles. The molecular formula is C23H44N2OP+. The lowest BCUT2D eigenvalue weighted by atomic mass is 10.0. The monoisotopic (exact) mass is 395 g/mol. The zero-order chi connectivity index (χ0) is 19.4. The van der Waals surface area contributed by atoms with Gasteiger partial charge in [-0.25, -0.2) is 4.57 Å². The van der Waals surface area contributed by atoms with E-state index in [2.05, 4.69) is 17.7 Å². The molecule has 3 nitrogen and oxygen atoms in total. The first-order valence-corrected chi connectivity index (χ1v) is 13.8. The molecule has 0 spiro atoms. The van der Waals surface area contributed by atoms with Gasteiger partial charge in [-0.1, -0.05) is 104 Å². The van der Waals surface area contributed by atoms with Gasteiger partial charge in [0.05, 0.1) is 6.54 Å². The molecule has 156 valence electrons. The average molecular weight is 396 g/mol. The molecule has 4 heteroatoms. The van der Waals surface area contributed by atoms with Gasteiger partial charge in [0.15, 0.2) is 0 Å². The van der Waals surface area contributed by atoms with Gasteiger partial charge in [-0.2, -0.15) is 4.34 Å². The minimum atomic E-state index is -2.07. The van der Waals surface area contributed by atoms with Crippen LogP contribution in [-0.2, 0) is 11.1 Å². The summed E-state index contributed by atoms with van der Waals surface area (Å²) in [5.74, 6) is 0. The highest BCUT2D eigenvalue weighted by Gasteiger charge is 2.58. The fraction of sp³-hybridized carbons (Fsp3) is 0.870. The molecule has 1 aromatic heterocycles. The third-order valence-electron chi connectivity index (χ3n) is 6.15. The molecule has 1 aliphatic rings. The first-order valence-electron chi connectivity index (χ1n) is 11.9. The van der Waals surface area contributed by atoms with E-state index in [0.29, 0.717) is 0 Å². The topological polar surface area (TPSA) is 25.9 Å². The summed E-state index contributed by atoms with van der Waals surface area (Å²) in [6.07, 6.45) is 27.4. The van der Waals surface area contributed by atoms with Crippen LogP contribution >= 0.6 is 7.29 Å². The predicted molar refractivity (Wildman–Crippen MR) is 117 cm³/mol. The number of imidazole rings is 1. The highest BCUT2D eigenvalue weighted by atomic mass is 31.2. The molecule has 0 bridgehead atoms. The number of fused-ring (bicyclic) bond motifs is 1. The van der Waals surface area contributed by atoms with Gasteiger partial charge in [0.1, 0.15) is 12.4 Å². The maximum Gasteiger partial charge on any atom is 0.363 e. The molecule has 1 aliphatic heterocycles. The second-order valence-corrected chi connectivity index (χ2v) is 11.3. The maximum atomic E-state index is 12.4. The molecule has 1 unspecified atom stereocenters. The fourth-order valence-corrected chi connectivity index (χ4v) is 6.64. The molecule has 27 heavy (non-hydrogen) atoms. The smallest absolute Gasteiger partial charge is 0.260 e. The molecule has 0 amide bonds. The van der Waals surface area contributed by atoms with Crippen molar-refractivity contribution in [1.82, 2.24) is 4.34 Å². The maximum absolute atomic E-state index is 12.4. The number of aryl methyl sites for hydroxylation is 1. The van der Waals surface area contributed by atoms with Crippen LogP contribution < -0.4 is 10.1 Å². The molecule has 0 aliphatic carbocycles. The average Bonchev–Trinajstić information content (AvgIpc) is 3.03. The van der Waals surface area contributed by atoms with Gasteiger partial charge in [-0.05, 0) is 12.8 Å². The van der Waals surface area contributed by atoms with Crippen molar-refractivity contribution in [2.45, 2.75) is 123 Å². The van der Waals surface area contributed by atoms with Crippen molar-refractivity contribution in [3.63, 3.8) is 0 Å². The van der Waals surface area contributed by atoms with Gasteiger partial charge in [-0.15, -0.1) is 0 Å². The number of nitrogens with zero attached hydrogens (tertiary/aromatic N) is 2. The van der Waals surface area contributed by atoms with Crippen molar-refractivity contribution in [3.05, 3.63) is 12.4 Å². The minimum Gasteiger partial charge on any atom is -0.260 e. The van der Waals surface area contributed by atoms with Gasteiger partial charge >= 0.3 is 12.9 Å². The molecule has 0 N–H and O–H groups in total. The van der Waals surface area contributed by atoms with Crippen molar-refractivity contribution in [2.75, 3.05) is 6.16 Å². The van der Waals surface area contributed by atoms with E-state index in [4.69, 9.17) is 0 Å². The summed E-state index contributed by atoms with van der Waals surface area (Å²) in [6, 6.07) is 0. The van der Waals surface area contributed by atoms with Crippen LogP contribution in [0.4, 0.5) is 0 Å². The molecule has 0 saturated heterocycles. The quantitative estimate of drug-likeness (QED) is 0.152. The van der Waals surface area contributed by atoms with Crippen LogP contribution in [0.5, 0.6) is 0 Å². The number of unbranched alkanes of at least 4 members (excludes halogenated alkanes) is 15. The van der Waals surface area contributed by atoms with Gasteiger partial charge in [0.25, 0.3) is 0 Å². The number of hydrogen-bond donors (Lipinski definition) is 0. The van der Waals surface area contributed by atoms with Crippen molar-refractivity contribution < 1.29 is 9.13 Å². The van der Waals surface area contributed by atoms with Crippen molar-refractivity contribution in [3.8, 4) is 0 Å². The lowest BCUT2D eigenvalue weighted by Gasteiger charge is -2.03. The van der Waals surface area contributed by atoms with Crippen LogP contribution in [0, 0.1) is 0 Å². The third-order valence-corrected chi connectivity index (χ3v) is 8.94. The summed E-state index contributed by atoms with van der Waals surface area (Å²) < 4.78 is 16.6. The first kappa shape index (κ1) is 22.7. The molecule has 0 fully saturated rings. The summed E-state index contributed by atoms with van der Waals surface area (Å²) >= 11 is 0. The Kier molecular flexibility index (Phi) is 10.8. The summed E-state index contributed by atoms with van der Waals surface area (Å²) in [4.78, 5) is 0. The predicted octanol–water partition coefficient (Wildman–Crippen LogP) is 6.82. The van der Waals surface area contributed by atoms with Crippen LogP contribution in [0.3, 0.4) is 0 Å². The Balaban J connectivity index is 1.31. The van der Waals surface area contributed by atoms with Gasteiger partial charge in [0.2, 0.25) is 0 Å². The van der Waals surface area contributed by atoms with Crippen LogP contribution in [0.2, 0.25) is 0 Å². The van der Waals surface area contributed by atoms with Gasteiger partial charge in [-0.3, -0.25) is 4.57 Å². The lowest BCUT2D eigenvalue weighted by Crippen LogP contribution is -2.41.